The highest BCUT2D eigenvalue weighted by molar-refractivity contribution is 5.85. The molecule has 1 fully saturated rings. The van der Waals surface area contributed by atoms with E-state index in [1.54, 1.807) is 11.9 Å². The van der Waals surface area contributed by atoms with Gasteiger partial charge < -0.3 is 14.7 Å². The number of rotatable bonds is 3. The largest absolute Gasteiger partial charge is 0.481 e. The van der Waals surface area contributed by atoms with Crippen LogP contribution in [0.5, 0.6) is 0 Å². The Morgan fingerprint density at radius 1 is 1.16 bits per heavy atom. The Morgan fingerprint density at radius 2 is 1.74 bits per heavy atom. The molecule has 5 nitrogen and oxygen atoms in total. The number of carbonyl (C=O) groups excluding carboxylic acids is 1. The molecule has 0 saturated carbocycles. The fraction of sp³-hybridized carbons (Fsp3) is 0.714. The summed E-state index contributed by atoms with van der Waals surface area (Å²) in [5.41, 5.74) is 0. The van der Waals surface area contributed by atoms with E-state index in [1.165, 1.54) is 0 Å². The quantitative estimate of drug-likeness (QED) is 0.782. The number of hydrogen-bond acceptors (Lipinski definition) is 3. The topological polar surface area (TPSA) is 66.8 Å². The summed E-state index contributed by atoms with van der Waals surface area (Å²) >= 11 is 0. The molecule has 0 bridgehead atoms. The van der Waals surface area contributed by atoms with Crippen molar-refractivity contribution in [3.8, 4) is 0 Å². The Balaban J connectivity index is 2.04. The van der Waals surface area contributed by atoms with Gasteiger partial charge in [-0.2, -0.15) is 0 Å². The summed E-state index contributed by atoms with van der Waals surface area (Å²) in [6.07, 6.45) is 6.43. The molecule has 0 aromatic carbocycles. The van der Waals surface area contributed by atoms with Crippen molar-refractivity contribution >= 4 is 11.9 Å². The third-order valence-corrected chi connectivity index (χ3v) is 4.15. The molecule has 1 heterocycles. The molecule has 1 aliphatic heterocycles. The molecule has 1 saturated heterocycles. The van der Waals surface area contributed by atoms with E-state index in [1.807, 2.05) is 12.2 Å². The molecular formula is C14H21NO4. The van der Waals surface area contributed by atoms with Crippen LogP contribution in [0.2, 0.25) is 0 Å². The van der Waals surface area contributed by atoms with E-state index in [-0.39, 0.29) is 11.9 Å². The van der Waals surface area contributed by atoms with E-state index in [9.17, 15) is 14.7 Å². The number of amides is 1. The molecule has 2 unspecified atom stereocenters. The van der Waals surface area contributed by atoms with Gasteiger partial charge in [0.05, 0.1) is 11.8 Å². The smallest absolute Gasteiger partial charge is 0.307 e. The first kappa shape index (κ1) is 14.1. The second-order valence-corrected chi connectivity index (χ2v) is 5.29. The van der Waals surface area contributed by atoms with Crippen molar-refractivity contribution in [2.45, 2.75) is 31.7 Å². The van der Waals surface area contributed by atoms with E-state index in [4.69, 9.17) is 4.74 Å². The van der Waals surface area contributed by atoms with E-state index in [2.05, 4.69) is 0 Å². The molecule has 0 radical (unpaired) electrons. The van der Waals surface area contributed by atoms with E-state index in [0.717, 1.165) is 12.8 Å². The number of nitrogens with zero attached hydrogens (tertiary/aromatic N) is 1. The highest BCUT2D eigenvalue weighted by atomic mass is 16.5. The SMILES string of the molecule is CN(C(=O)C1CC=CCC1C(=O)O)C1CCOCC1. The number of hydrogen-bond donors (Lipinski definition) is 1. The van der Waals surface area contributed by atoms with Gasteiger partial charge in [-0.3, -0.25) is 9.59 Å². The van der Waals surface area contributed by atoms with Crippen molar-refractivity contribution in [3.05, 3.63) is 12.2 Å². The summed E-state index contributed by atoms with van der Waals surface area (Å²) < 4.78 is 5.29. The molecule has 0 spiro atoms. The lowest BCUT2D eigenvalue weighted by molar-refractivity contribution is -0.151. The fourth-order valence-electron chi connectivity index (χ4n) is 2.87. The number of carbonyl (C=O) groups is 2. The van der Waals surface area contributed by atoms with Gasteiger partial charge in [-0.15, -0.1) is 0 Å². The first-order valence-electron chi connectivity index (χ1n) is 6.83. The van der Waals surface area contributed by atoms with Crippen LogP contribution in [0, 0.1) is 11.8 Å². The minimum absolute atomic E-state index is 0.0383. The minimum atomic E-state index is -0.872. The zero-order valence-electron chi connectivity index (χ0n) is 11.2. The van der Waals surface area contributed by atoms with Crippen molar-refractivity contribution in [1.29, 1.82) is 0 Å². The third-order valence-electron chi connectivity index (χ3n) is 4.15. The first-order chi connectivity index (χ1) is 9.11. The van der Waals surface area contributed by atoms with Gasteiger partial charge in [-0.1, -0.05) is 12.2 Å². The van der Waals surface area contributed by atoms with Crippen molar-refractivity contribution < 1.29 is 19.4 Å². The van der Waals surface area contributed by atoms with Gasteiger partial charge >= 0.3 is 5.97 Å². The van der Waals surface area contributed by atoms with Crippen LogP contribution in [0.25, 0.3) is 0 Å². The van der Waals surface area contributed by atoms with E-state index < -0.39 is 17.8 Å². The number of aliphatic carboxylic acids is 1. The number of allylic oxidation sites excluding steroid dienone is 2. The lowest BCUT2D eigenvalue weighted by Crippen LogP contribution is -2.46. The van der Waals surface area contributed by atoms with Crippen molar-refractivity contribution in [2.24, 2.45) is 11.8 Å². The first-order valence-corrected chi connectivity index (χ1v) is 6.83. The number of ether oxygens (including phenoxy) is 1. The molecule has 1 amide bonds. The second kappa shape index (κ2) is 6.19. The second-order valence-electron chi connectivity index (χ2n) is 5.29. The fourth-order valence-corrected chi connectivity index (χ4v) is 2.87. The standard InChI is InChI=1S/C14H21NO4/c1-15(10-6-8-19-9-7-10)13(16)11-4-2-3-5-12(11)14(17)18/h2-3,10-12H,4-9H2,1H3,(H,17,18). The summed E-state index contributed by atoms with van der Waals surface area (Å²) in [6, 6.07) is 0.182. The normalized spacial score (nSPS) is 28.1. The summed E-state index contributed by atoms with van der Waals surface area (Å²) in [4.78, 5) is 25.5. The number of carboxylic acids is 1. The maximum atomic E-state index is 12.5. The Kier molecular flexibility index (Phi) is 4.58. The van der Waals surface area contributed by atoms with Crippen LogP contribution in [-0.4, -0.2) is 48.2 Å². The highest BCUT2D eigenvalue weighted by Crippen LogP contribution is 2.28. The lowest BCUT2D eigenvalue weighted by atomic mass is 9.82. The Morgan fingerprint density at radius 3 is 2.32 bits per heavy atom. The van der Waals surface area contributed by atoms with Gasteiger partial charge in [-0.25, -0.2) is 0 Å². The zero-order valence-corrected chi connectivity index (χ0v) is 11.2. The number of carboxylic acid groups (broad SMARTS) is 1. The summed E-state index contributed by atoms with van der Waals surface area (Å²) in [5.74, 6) is -1.91. The van der Waals surface area contributed by atoms with Crippen molar-refractivity contribution in [1.82, 2.24) is 4.90 Å². The average molecular weight is 267 g/mol. The lowest BCUT2D eigenvalue weighted by Gasteiger charge is -2.35. The van der Waals surface area contributed by atoms with Crippen LogP contribution in [-0.2, 0) is 14.3 Å². The Labute approximate surface area is 113 Å². The molecule has 2 atom stereocenters. The van der Waals surface area contributed by atoms with Crippen LogP contribution in [0.15, 0.2) is 12.2 Å². The molecule has 1 N–H and O–H groups in total. The van der Waals surface area contributed by atoms with Crippen LogP contribution in [0.4, 0.5) is 0 Å². The van der Waals surface area contributed by atoms with Crippen molar-refractivity contribution in [2.75, 3.05) is 20.3 Å². The Hall–Kier alpha value is -1.36. The molecule has 1 aliphatic carbocycles. The molecule has 0 aromatic rings. The van der Waals surface area contributed by atoms with Crippen molar-refractivity contribution in [3.63, 3.8) is 0 Å². The van der Waals surface area contributed by atoms with Gasteiger partial charge in [0.25, 0.3) is 0 Å². The van der Waals surface area contributed by atoms with Crippen LogP contribution < -0.4 is 0 Å². The van der Waals surface area contributed by atoms with E-state index >= 15 is 0 Å². The zero-order chi connectivity index (χ0) is 13.8. The molecule has 2 rings (SSSR count). The van der Waals surface area contributed by atoms with Crippen LogP contribution >= 0.6 is 0 Å². The van der Waals surface area contributed by atoms with Crippen LogP contribution in [0.3, 0.4) is 0 Å². The molecular weight excluding hydrogens is 246 g/mol. The molecule has 19 heavy (non-hydrogen) atoms. The maximum absolute atomic E-state index is 12.5. The maximum Gasteiger partial charge on any atom is 0.307 e. The summed E-state index contributed by atoms with van der Waals surface area (Å²) in [6.45, 7) is 1.35. The van der Waals surface area contributed by atoms with Gasteiger partial charge in [-0.05, 0) is 25.7 Å². The summed E-state index contributed by atoms with van der Waals surface area (Å²) in [5, 5.41) is 9.23. The monoisotopic (exact) mass is 267 g/mol. The predicted molar refractivity (Wildman–Crippen MR) is 69.6 cm³/mol. The predicted octanol–water partition coefficient (Wildman–Crippen LogP) is 1.29. The third kappa shape index (κ3) is 3.15. The van der Waals surface area contributed by atoms with Crippen LogP contribution in [0.1, 0.15) is 25.7 Å². The van der Waals surface area contributed by atoms with Gasteiger partial charge in [0, 0.05) is 26.3 Å². The Bertz CT molecular complexity index is 374. The minimum Gasteiger partial charge on any atom is -0.481 e. The van der Waals surface area contributed by atoms with Gasteiger partial charge in [0.2, 0.25) is 5.91 Å². The summed E-state index contributed by atoms with van der Waals surface area (Å²) in [7, 11) is 1.79. The van der Waals surface area contributed by atoms with E-state index in [0.29, 0.717) is 26.1 Å². The molecule has 0 aromatic heterocycles. The highest BCUT2D eigenvalue weighted by Gasteiger charge is 2.37. The molecule has 5 heteroatoms. The molecule has 106 valence electrons. The van der Waals surface area contributed by atoms with Gasteiger partial charge in [0.1, 0.15) is 0 Å². The molecule has 2 aliphatic rings. The average Bonchev–Trinajstić information content (AvgIpc) is 2.46. The van der Waals surface area contributed by atoms with Gasteiger partial charge in [0.15, 0.2) is 0 Å².